The molecule has 3 aromatic rings. The number of rotatable bonds is 5. The van der Waals surface area contributed by atoms with E-state index < -0.39 is 5.91 Å². The Balaban J connectivity index is 1.99. The van der Waals surface area contributed by atoms with Crippen LogP contribution >= 0.6 is 0 Å². The molecule has 1 N–H and O–H groups in total. The van der Waals surface area contributed by atoms with Gasteiger partial charge in [-0.3, -0.25) is 14.0 Å². The van der Waals surface area contributed by atoms with Gasteiger partial charge in [-0.1, -0.05) is 6.07 Å². The van der Waals surface area contributed by atoms with E-state index in [-0.39, 0.29) is 23.2 Å². The smallest absolute Gasteiger partial charge is 0.290 e. The van der Waals surface area contributed by atoms with Crippen LogP contribution in [0.1, 0.15) is 35.0 Å². The van der Waals surface area contributed by atoms with Crippen molar-refractivity contribution >= 4 is 23.0 Å². The van der Waals surface area contributed by atoms with Gasteiger partial charge in [-0.05, 0) is 50.2 Å². The van der Waals surface area contributed by atoms with E-state index in [9.17, 15) is 14.0 Å². The summed E-state index contributed by atoms with van der Waals surface area (Å²) in [5.74, 6) is -0.896. The highest BCUT2D eigenvalue weighted by Crippen LogP contribution is 2.17. The molecule has 0 aliphatic heterocycles. The molecule has 0 radical (unpaired) electrons. The first kappa shape index (κ1) is 17.6. The molecule has 2 amide bonds. The van der Waals surface area contributed by atoms with Crippen LogP contribution in [0.15, 0.2) is 48.7 Å². The number of carbonyl (C=O) groups excluding carboxylic acids is 2. The lowest BCUT2D eigenvalue weighted by molar-refractivity contribution is 0.0760. The molecule has 6 nitrogen and oxygen atoms in total. The monoisotopic (exact) mass is 354 g/mol. The minimum Gasteiger partial charge on any atom is -0.337 e. The van der Waals surface area contributed by atoms with E-state index in [1.807, 2.05) is 13.8 Å². The average molecular weight is 354 g/mol. The summed E-state index contributed by atoms with van der Waals surface area (Å²) in [5, 5.41) is 2.68. The third-order valence-corrected chi connectivity index (χ3v) is 4.11. The lowest BCUT2D eigenvalue weighted by Crippen LogP contribution is -2.32. The molecular formula is C19H19FN4O2. The number of imidazole rings is 1. The largest absolute Gasteiger partial charge is 0.337 e. The molecule has 0 unspecified atom stereocenters. The molecule has 26 heavy (non-hydrogen) atoms. The Kier molecular flexibility index (Phi) is 4.97. The van der Waals surface area contributed by atoms with Gasteiger partial charge >= 0.3 is 0 Å². The van der Waals surface area contributed by atoms with E-state index in [0.29, 0.717) is 24.3 Å². The van der Waals surface area contributed by atoms with Crippen LogP contribution in [0.2, 0.25) is 0 Å². The van der Waals surface area contributed by atoms with Gasteiger partial charge in [0.1, 0.15) is 5.82 Å². The van der Waals surface area contributed by atoms with E-state index in [4.69, 9.17) is 0 Å². The van der Waals surface area contributed by atoms with E-state index in [0.717, 1.165) is 0 Å². The van der Waals surface area contributed by atoms with Crippen LogP contribution in [0.5, 0.6) is 0 Å². The fourth-order valence-electron chi connectivity index (χ4n) is 2.73. The first-order valence-corrected chi connectivity index (χ1v) is 8.38. The van der Waals surface area contributed by atoms with E-state index in [1.165, 1.54) is 24.3 Å². The number of carbonyl (C=O) groups is 2. The highest BCUT2D eigenvalue weighted by molar-refractivity contribution is 6.08. The van der Waals surface area contributed by atoms with Crippen molar-refractivity contribution in [2.75, 3.05) is 18.4 Å². The van der Waals surface area contributed by atoms with Gasteiger partial charge in [0, 0.05) is 25.0 Å². The van der Waals surface area contributed by atoms with Crippen molar-refractivity contribution in [2.45, 2.75) is 13.8 Å². The lowest BCUT2D eigenvalue weighted by Gasteiger charge is -2.17. The Labute approximate surface area is 150 Å². The van der Waals surface area contributed by atoms with Gasteiger partial charge in [0.25, 0.3) is 11.8 Å². The van der Waals surface area contributed by atoms with Crippen LogP contribution in [-0.2, 0) is 0 Å². The second kappa shape index (κ2) is 7.35. The molecule has 0 aliphatic carbocycles. The van der Waals surface area contributed by atoms with Crippen LogP contribution in [0.25, 0.3) is 5.52 Å². The summed E-state index contributed by atoms with van der Waals surface area (Å²) in [6, 6.07) is 10.7. The number of hydrogen-bond donors (Lipinski definition) is 1. The standard InChI is InChI=1S/C19H19FN4O2/c1-3-23(4-2)19(26)17-22-16(15-7-5-6-12-24(15)17)18(25)21-14-10-8-13(20)9-11-14/h5-12H,3-4H2,1-2H3,(H,21,25). The fourth-order valence-corrected chi connectivity index (χ4v) is 2.73. The molecule has 0 aliphatic rings. The minimum atomic E-state index is -0.459. The summed E-state index contributed by atoms with van der Waals surface area (Å²) in [6.45, 7) is 4.88. The Bertz CT molecular complexity index is 946. The topological polar surface area (TPSA) is 66.7 Å². The lowest BCUT2D eigenvalue weighted by atomic mass is 10.2. The van der Waals surface area contributed by atoms with Crippen molar-refractivity contribution in [2.24, 2.45) is 0 Å². The molecule has 0 bridgehead atoms. The van der Waals surface area contributed by atoms with Gasteiger partial charge < -0.3 is 10.2 Å². The van der Waals surface area contributed by atoms with Gasteiger partial charge in [-0.2, -0.15) is 0 Å². The summed E-state index contributed by atoms with van der Waals surface area (Å²) in [4.78, 5) is 31.3. The zero-order chi connectivity index (χ0) is 18.7. The maximum atomic E-state index is 13.0. The summed E-state index contributed by atoms with van der Waals surface area (Å²) in [6.07, 6.45) is 1.70. The van der Waals surface area contributed by atoms with Gasteiger partial charge in [0.2, 0.25) is 5.82 Å². The number of benzene rings is 1. The van der Waals surface area contributed by atoms with Crippen LogP contribution in [-0.4, -0.2) is 39.2 Å². The number of nitrogens with zero attached hydrogens (tertiary/aromatic N) is 3. The maximum absolute atomic E-state index is 13.0. The number of amides is 2. The van der Waals surface area contributed by atoms with E-state index >= 15 is 0 Å². The van der Waals surface area contributed by atoms with Crippen molar-refractivity contribution in [3.63, 3.8) is 0 Å². The van der Waals surface area contributed by atoms with Crippen LogP contribution in [0, 0.1) is 5.82 Å². The Morgan fingerprint density at radius 1 is 1.12 bits per heavy atom. The van der Waals surface area contributed by atoms with Crippen molar-refractivity contribution in [3.8, 4) is 0 Å². The highest BCUT2D eigenvalue weighted by atomic mass is 19.1. The predicted octanol–water partition coefficient (Wildman–Crippen LogP) is 3.21. The first-order valence-electron chi connectivity index (χ1n) is 8.38. The number of nitrogens with one attached hydrogen (secondary N) is 1. The maximum Gasteiger partial charge on any atom is 0.290 e. The van der Waals surface area contributed by atoms with Crippen molar-refractivity contribution in [1.82, 2.24) is 14.3 Å². The average Bonchev–Trinajstić information content (AvgIpc) is 3.04. The van der Waals surface area contributed by atoms with Crippen molar-refractivity contribution in [3.05, 3.63) is 66.0 Å². The van der Waals surface area contributed by atoms with Gasteiger partial charge in [-0.15, -0.1) is 0 Å². The molecule has 2 heterocycles. The summed E-state index contributed by atoms with van der Waals surface area (Å²) < 4.78 is 14.6. The second-order valence-corrected chi connectivity index (χ2v) is 5.68. The Morgan fingerprint density at radius 3 is 2.46 bits per heavy atom. The first-order chi connectivity index (χ1) is 12.5. The number of halogens is 1. The highest BCUT2D eigenvalue weighted by Gasteiger charge is 2.24. The van der Waals surface area contributed by atoms with Crippen LogP contribution < -0.4 is 5.32 Å². The quantitative estimate of drug-likeness (QED) is 0.765. The molecule has 0 fully saturated rings. The van der Waals surface area contributed by atoms with Crippen LogP contribution in [0.4, 0.5) is 10.1 Å². The molecule has 0 atom stereocenters. The number of fused-ring (bicyclic) bond motifs is 1. The van der Waals surface area contributed by atoms with E-state index in [1.54, 1.807) is 33.7 Å². The minimum absolute atomic E-state index is 0.144. The predicted molar refractivity (Wildman–Crippen MR) is 96.8 cm³/mol. The van der Waals surface area contributed by atoms with Gasteiger partial charge in [0.05, 0.1) is 5.52 Å². The van der Waals surface area contributed by atoms with Crippen LogP contribution in [0.3, 0.4) is 0 Å². The van der Waals surface area contributed by atoms with Gasteiger partial charge in [-0.25, -0.2) is 9.37 Å². The number of anilines is 1. The van der Waals surface area contributed by atoms with Gasteiger partial charge in [0.15, 0.2) is 5.69 Å². The summed E-state index contributed by atoms with van der Waals surface area (Å²) in [5.41, 5.74) is 1.12. The number of pyridine rings is 1. The molecule has 134 valence electrons. The molecule has 0 saturated carbocycles. The van der Waals surface area contributed by atoms with E-state index in [2.05, 4.69) is 10.3 Å². The third kappa shape index (κ3) is 3.28. The SMILES string of the molecule is CCN(CC)C(=O)c1nc(C(=O)Nc2ccc(F)cc2)c2ccccn12. The van der Waals surface area contributed by atoms with Crippen molar-refractivity contribution < 1.29 is 14.0 Å². The molecule has 7 heteroatoms. The molecular weight excluding hydrogens is 335 g/mol. The summed E-state index contributed by atoms with van der Waals surface area (Å²) >= 11 is 0. The third-order valence-electron chi connectivity index (χ3n) is 4.11. The zero-order valence-corrected chi connectivity index (χ0v) is 14.6. The zero-order valence-electron chi connectivity index (χ0n) is 14.6. The Hall–Kier alpha value is -3.22. The normalized spacial score (nSPS) is 10.7. The molecule has 1 aromatic carbocycles. The molecule has 2 aromatic heterocycles. The molecule has 0 saturated heterocycles. The summed E-state index contributed by atoms with van der Waals surface area (Å²) in [7, 11) is 0. The van der Waals surface area contributed by atoms with Crippen molar-refractivity contribution in [1.29, 1.82) is 0 Å². The molecule has 3 rings (SSSR count). The second-order valence-electron chi connectivity index (χ2n) is 5.68. The fraction of sp³-hybridized carbons (Fsp3) is 0.211. The molecule has 0 spiro atoms. The number of hydrogen-bond acceptors (Lipinski definition) is 3. The Morgan fingerprint density at radius 2 is 1.81 bits per heavy atom. The number of aromatic nitrogens is 2.